The monoisotopic (exact) mass is 366 g/mol. The number of para-hydroxylation sites is 1. The SMILES string of the molecule is ON=c1c(Br)c(-c2cc3ccccc3cn2)oc2ccccc12. The van der Waals surface area contributed by atoms with Crippen LogP contribution in [0.25, 0.3) is 33.2 Å². The van der Waals surface area contributed by atoms with Gasteiger partial charge in [-0.3, -0.25) is 4.98 Å². The Kier molecular flexibility index (Phi) is 3.35. The highest BCUT2D eigenvalue weighted by molar-refractivity contribution is 9.10. The van der Waals surface area contributed by atoms with Crippen molar-refractivity contribution in [1.82, 2.24) is 4.98 Å². The quantitative estimate of drug-likeness (QED) is 0.392. The minimum atomic E-state index is 0.428. The van der Waals surface area contributed by atoms with E-state index in [1.807, 2.05) is 54.6 Å². The molecule has 112 valence electrons. The second-order valence-electron chi connectivity index (χ2n) is 5.11. The first-order valence-electron chi connectivity index (χ1n) is 7.02. The summed E-state index contributed by atoms with van der Waals surface area (Å²) in [5.41, 5.74) is 1.31. The first kappa shape index (κ1) is 14.0. The van der Waals surface area contributed by atoms with E-state index >= 15 is 0 Å². The molecule has 0 bridgehead atoms. The molecular weight excluding hydrogens is 356 g/mol. The summed E-state index contributed by atoms with van der Waals surface area (Å²) in [5, 5.41) is 16.1. The Balaban J connectivity index is 2.06. The molecule has 0 saturated heterocycles. The molecule has 4 aromatic rings. The van der Waals surface area contributed by atoms with E-state index in [-0.39, 0.29) is 0 Å². The fourth-order valence-electron chi connectivity index (χ4n) is 2.60. The van der Waals surface area contributed by atoms with Crippen molar-refractivity contribution in [1.29, 1.82) is 0 Å². The Morgan fingerprint density at radius 1 is 1.00 bits per heavy atom. The lowest BCUT2D eigenvalue weighted by atomic mass is 10.1. The minimum absolute atomic E-state index is 0.428. The van der Waals surface area contributed by atoms with Crippen LogP contribution in [0.2, 0.25) is 0 Å². The van der Waals surface area contributed by atoms with Gasteiger partial charge in [0.2, 0.25) is 0 Å². The maximum atomic E-state index is 9.39. The van der Waals surface area contributed by atoms with E-state index in [2.05, 4.69) is 26.1 Å². The van der Waals surface area contributed by atoms with Gasteiger partial charge < -0.3 is 9.62 Å². The van der Waals surface area contributed by atoms with Crippen molar-refractivity contribution >= 4 is 37.7 Å². The molecule has 0 aliphatic heterocycles. The lowest BCUT2D eigenvalue weighted by Gasteiger charge is -2.07. The van der Waals surface area contributed by atoms with E-state index in [0.717, 1.165) is 16.2 Å². The minimum Gasteiger partial charge on any atom is -0.453 e. The van der Waals surface area contributed by atoms with Crippen molar-refractivity contribution in [3.63, 3.8) is 0 Å². The van der Waals surface area contributed by atoms with Gasteiger partial charge in [-0.05, 0) is 39.5 Å². The fourth-order valence-corrected chi connectivity index (χ4v) is 3.18. The van der Waals surface area contributed by atoms with Gasteiger partial charge >= 0.3 is 0 Å². The first-order chi connectivity index (χ1) is 11.3. The normalized spacial score (nSPS) is 12.1. The third kappa shape index (κ3) is 2.29. The van der Waals surface area contributed by atoms with Crippen LogP contribution in [0.3, 0.4) is 0 Å². The summed E-state index contributed by atoms with van der Waals surface area (Å²) in [7, 11) is 0. The van der Waals surface area contributed by atoms with E-state index in [0.29, 0.717) is 26.9 Å². The Labute approximate surface area is 139 Å². The fraction of sp³-hybridized carbons (Fsp3) is 0. The molecule has 0 spiro atoms. The number of halogens is 1. The zero-order chi connectivity index (χ0) is 15.8. The Morgan fingerprint density at radius 3 is 2.57 bits per heavy atom. The zero-order valence-corrected chi connectivity index (χ0v) is 13.5. The van der Waals surface area contributed by atoms with Crippen molar-refractivity contribution in [2.75, 3.05) is 0 Å². The van der Waals surface area contributed by atoms with Gasteiger partial charge in [-0.15, -0.1) is 0 Å². The summed E-state index contributed by atoms with van der Waals surface area (Å²) in [5.74, 6) is 0.530. The van der Waals surface area contributed by atoms with Crippen LogP contribution in [0.4, 0.5) is 0 Å². The van der Waals surface area contributed by atoms with Crippen molar-refractivity contribution in [2.45, 2.75) is 0 Å². The Morgan fingerprint density at radius 2 is 1.74 bits per heavy atom. The zero-order valence-electron chi connectivity index (χ0n) is 11.9. The average Bonchev–Trinajstić information content (AvgIpc) is 2.61. The number of hydrogen-bond donors (Lipinski definition) is 1. The molecule has 0 atom stereocenters. The van der Waals surface area contributed by atoms with Gasteiger partial charge in [0.25, 0.3) is 0 Å². The molecule has 4 rings (SSSR count). The largest absolute Gasteiger partial charge is 0.453 e. The van der Waals surface area contributed by atoms with Gasteiger partial charge in [-0.1, -0.05) is 41.6 Å². The van der Waals surface area contributed by atoms with Crippen LogP contribution < -0.4 is 5.36 Å². The van der Waals surface area contributed by atoms with Crippen LogP contribution in [0, 0.1) is 0 Å². The molecule has 5 heteroatoms. The number of nitrogens with zero attached hydrogens (tertiary/aromatic N) is 2. The van der Waals surface area contributed by atoms with Crippen LogP contribution in [0.15, 0.2) is 74.8 Å². The molecule has 0 aliphatic carbocycles. The first-order valence-corrected chi connectivity index (χ1v) is 7.82. The topological polar surface area (TPSA) is 58.6 Å². The van der Waals surface area contributed by atoms with E-state index < -0.39 is 0 Å². The molecule has 0 fully saturated rings. The predicted octanol–water partition coefficient (Wildman–Crippen LogP) is 4.70. The summed E-state index contributed by atoms with van der Waals surface area (Å²) in [6.07, 6.45) is 1.80. The van der Waals surface area contributed by atoms with Crippen LogP contribution in [0.5, 0.6) is 0 Å². The van der Waals surface area contributed by atoms with Crippen LogP contribution in [-0.2, 0) is 0 Å². The second-order valence-corrected chi connectivity index (χ2v) is 5.90. The lowest BCUT2D eigenvalue weighted by molar-refractivity contribution is 0.302. The summed E-state index contributed by atoms with van der Waals surface area (Å²) in [6, 6.07) is 17.4. The van der Waals surface area contributed by atoms with E-state index in [9.17, 15) is 5.21 Å². The molecule has 0 saturated carbocycles. The molecule has 2 heterocycles. The Hall–Kier alpha value is -2.66. The van der Waals surface area contributed by atoms with E-state index in [4.69, 9.17) is 4.42 Å². The van der Waals surface area contributed by atoms with Crippen molar-refractivity contribution in [3.05, 3.63) is 70.6 Å². The molecule has 0 radical (unpaired) electrons. The van der Waals surface area contributed by atoms with E-state index in [1.54, 1.807) is 6.20 Å². The molecule has 0 amide bonds. The summed E-state index contributed by atoms with van der Waals surface area (Å²) in [4.78, 5) is 4.47. The van der Waals surface area contributed by atoms with Gasteiger partial charge in [-0.25, -0.2) is 0 Å². The van der Waals surface area contributed by atoms with Gasteiger partial charge in [0, 0.05) is 17.0 Å². The van der Waals surface area contributed by atoms with Crippen molar-refractivity contribution < 1.29 is 9.62 Å². The van der Waals surface area contributed by atoms with Gasteiger partial charge in [0.05, 0.1) is 4.47 Å². The van der Waals surface area contributed by atoms with Gasteiger partial charge in [0.15, 0.2) is 5.76 Å². The highest BCUT2D eigenvalue weighted by atomic mass is 79.9. The number of aromatic nitrogens is 1. The summed E-state index contributed by atoms with van der Waals surface area (Å²) >= 11 is 3.48. The van der Waals surface area contributed by atoms with Crippen molar-refractivity contribution in [2.24, 2.45) is 5.16 Å². The molecular formula is C18H11BrN2O2. The third-order valence-electron chi connectivity index (χ3n) is 3.73. The number of pyridine rings is 1. The predicted molar refractivity (Wildman–Crippen MR) is 92.0 cm³/mol. The molecule has 0 unspecified atom stereocenters. The number of rotatable bonds is 1. The molecule has 0 aliphatic rings. The lowest BCUT2D eigenvalue weighted by Crippen LogP contribution is -2.07. The summed E-state index contributed by atoms with van der Waals surface area (Å²) < 4.78 is 6.56. The highest BCUT2D eigenvalue weighted by Crippen LogP contribution is 2.29. The molecule has 2 aromatic carbocycles. The summed E-state index contributed by atoms with van der Waals surface area (Å²) in [6.45, 7) is 0. The van der Waals surface area contributed by atoms with Crippen LogP contribution >= 0.6 is 15.9 Å². The smallest absolute Gasteiger partial charge is 0.169 e. The van der Waals surface area contributed by atoms with Crippen molar-refractivity contribution in [3.8, 4) is 11.5 Å². The van der Waals surface area contributed by atoms with Crippen LogP contribution in [-0.4, -0.2) is 10.2 Å². The molecule has 23 heavy (non-hydrogen) atoms. The van der Waals surface area contributed by atoms with Crippen LogP contribution in [0.1, 0.15) is 0 Å². The van der Waals surface area contributed by atoms with Gasteiger partial charge in [-0.2, -0.15) is 0 Å². The average molecular weight is 367 g/mol. The molecule has 2 aromatic heterocycles. The number of benzene rings is 2. The number of fused-ring (bicyclic) bond motifs is 2. The number of hydrogen-bond acceptors (Lipinski definition) is 4. The highest BCUT2D eigenvalue weighted by Gasteiger charge is 2.14. The maximum Gasteiger partial charge on any atom is 0.169 e. The Bertz CT molecular complexity index is 1100. The second kappa shape index (κ2) is 5.52. The molecule has 4 nitrogen and oxygen atoms in total. The third-order valence-corrected chi connectivity index (χ3v) is 4.46. The maximum absolute atomic E-state index is 9.39. The standard InChI is InChI=1S/C18H11BrN2O2/c19-16-17(21-22)13-7-3-4-8-15(13)23-18(16)14-9-11-5-1-2-6-12(11)10-20-14/h1-10,22H. The molecule has 1 N–H and O–H groups in total. The van der Waals surface area contributed by atoms with E-state index in [1.165, 1.54) is 0 Å². The van der Waals surface area contributed by atoms with Gasteiger partial charge in [0.1, 0.15) is 16.6 Å².